The third-order valence-electron chi connectivity index (χ3n) is 1.86. The van der Waals surface area contributed by atoms with Crippen LogP contribution in [0, 0.1) is 6.92 Å². The van der Waals surface area contributed by atoms with Crippen molar-refractivity contribution in [3.63, 3.8) is 0 Å². The van der Waals surface area contributed by atoms with E-state index in [-0.39, 0.29) is 5.56 Å². The van der Waals surface area contributed by atoms with Crippen LogP contribution in [0.25, 0.3) is 0 Å². The highest BCUT2D eigenvalue weighted by molar-refractivity contribution is 9.10. The van der Waals surface area contributed by atoms with Gasteiger partial charge in [0.2, 0.25) is 0 Å². The van der Waals surface area contributed by atoms with Gasteiger partial charge < -0.3 is 4.98 Å². The van der Waals surface area contributed by atoms with Gasteiger partial charge in [0.1, 0.15) is 0 Å². The van der Waals surface area contributed by atoms with Crippen molar-refractivity contribution in [1.29, 1.82) is 0 Å². The van der Waals surface area contributed by atoms with Crippen LogP contribution in [-0.4, -0.2) is 4.98 Å². The molecule has 1 heterocycles. The van der Waals surface area contributed by atoms with Crippen molar-refractivity contribution in [1.82, 2.24) is 4.98 Å². The predicted octanol–water partition coefficient (Wildman–Crippen LogP) is 2.57. The zero-order chi connectivity index (χ0) is 9.30. The van der Waals surface area contributed by atoms with Gasteiger partial charge >= 0.3 is 0 Å². The molecule has 1 N–H and O–H groups in total. The molecule has 0 atom stereocenters. The lowest BCUT2D eigenvalue weighted by Gasteiger charge is -2.08. The first-order valence-electron chi connectivity index (χ1n) is 3.91. The molecule has 0 radical (unpaired) electrons. The third kappa shape index (κ3) is 1.78. The van der Waals surface area contributed by atoms with Crippen LogP contribution in [-0.2, 0) is 0 Å². The van der Waals surface area contributed by atoms with Gasteiger partial charge in [0, 0.05) is 5.69 Å². The summed E-state index contributed by atoms with van der Waals surface area (Å²) in [6.45, 7) is 6.13. The van der Waals surface area contributed by atoms with Gasteiger partial charge in [0.05, 0.1) is 4.47 Å². The van der Waals surface area contributed by atoms with Gasteiger partial charge in [-0.2, -0.15) is 0 Å². The summed E-state index contributed by atoms with van der Waals surface area (Å²) in [7, 11) is 0. The zero-order valence-corrected chi connectivity index (χ0v) is 9.03. The van der Waals surface area contributed by atoms with E-state index in [0.29, 0.717) is 10.4 Å². The number of aromatic nitrogens is 1. The van der Waals surface area contributed by atoms with Crippen LogP contribution in [0.15, 0.2) is 15.3 Å². The number of pyridine rings is 1. The Balaban J connectivity index is 3.33. The van der Waals surface area contributed by atoms with E-state index in [2.05, 4.69) is 34.8 Å². The fourth-order valence-electron chi connectivity index (χ4n) is 1.21. The van der Waals surface area contributed by atoms with Gasteiger partial charge in [0.25, 0.3) is 5.56 Å². The minimum Gasteiger partial charge on any atom is -0.325 e. The van der Waals surface area contributed by atoms with Crippen LogP contribution in [0.3, 0.4) is 0 Å². The maximum absolute atomic E-state index is 11.1. The topological polar surface area (TPSA) is 32.9 Å². The quantitative estimate of drug-likeness (QED) is 0.790. The van der Waals surface area contributed by atoms with Crippen LogP contribution < -0.4 is 5.56 Å². The van der Waals surface area contributed by atoms with Crippen molar-refractivity contribution in [2.45, 2.75) is 26.7 Å². The van der Waals surface area contributed by atoms with Crippen LogP contribution in [0.5, 0.6) is 0 Å². The minimum atomic E-state index is -0.0584. The highest BCUT2D eigenvalue weighted by Gasteiger charge is 2.06. The summed E-state index contributed by atoms with van der Waals surface area (Å²) >= 11 is 3.20. The second kappa shape index (κ2) is 3.44. The molecule has 12 heavy (non-hydrogen) atoms. The van der Waals surface area contributed by atoms with E-state index in [1.807, 2.05) is 13.0 Å². The molecular weight excluding hydrogens is 218 g/mol. The molecule has 0 bridgehead atoms. The van der Waals surface area contributed by atoms with Gasteiger partial charge in [-0.1, -0.05) is 13.8 Å². The molecule has 0 fully saturated rings. The number of halogens is 1. The minimum absolute atomic E-state index is 0.0584. The van der Waals surface area contributed by atoms with Gasteiger partial charge in [-0.05, 0) is 40.4 Å². The summed E-state index contributed by atoms with van der Waals surface area (Å²) in [5.41, 5.74) is 2.08. The highest BCUT2D eigenvalue weighted by Crippen LogP contribution is 2.18. The molecule has 0 spiro atoms. The second-order valence-corrected chi connectivity index (χ2v) is 4.04. The monoisotopic (exact) mass is 229 g/mol. The molecule has 2 nitrogen and oxygen atoms in total. The summed E-state index contributed by atoms with van der Waals surface area (Å²) in [5, 5.41) is 0. The van der Waals surface area contributed by atoms with E-state index < -0.39 is 0 Å². The fraction of sp³-hybridized carbons (Fsp3) is 0.444. The summed E-state index contributed by atoms with van der Waals surface area (Å²) in [6, 6.07) is 1.89. The first-order valence-corrected chi connectivity index (χ1v) is 4.71. The van der Waals surface area contributed by atoms with Crippen LogP contribution in [0.4, 0.5) is 0 Å². The number of H-pyrrole nitrogens is 1. The van der Waals surface area contributed by atoms with E-state index in [9.17, 15) is 4.79 Å². The molecule has 0 aliphatic carbocycles. The summed E-state index contributed by atoms with van der Waals surface area (Å²) in [6.07, 6.45) is 0. The lowest BCUT2D eigenvalue weighted by atomic mass is 10.0. The van der Waals surface area contributed by atoms with Gasteiger partial charge in [-0.15, -0.1) is 0 Å². The van der Waals surface area contributed by atoms with Crippen LogP contribution in [0.2, 0.25) is 0 Å². The molecule has 1 aromatic rings. The molecule has 0 amide bonds. The van der Waals surface area contributed by atoms with E-state index in [4.69, 9.17) is 0 Å². The molecule has 0 aliphatic rings. The van der Waals surface area contributed by atoms with Crippen molar-refractivity contribution in [3.05, 3.63) is 32.2 Å². The number of rotatable bonds is 1. The fourth-order valence-corrected chi connectivity index (χ4v) is 1.56. The standard InChI is InChI=1S/C9H12BrNO/c1-5(2)7-4-8(10)9(12)11-6(7)3/h4-5H,1-3H3,(H,11,12). The Labute approximate surface area is 80.1 Å². The molecule has 66 valence electrons. The molecule has 0 saturated heterocycles. The Bertz CT molecular complexity index is 341. The number of aryl methyl sites for hydroxylation is 1. The summed E-state index contributed by atoms with van der Waals surface area (Å²) in [5.74, 6) is 0.443. The van der Waals surface area contributed by atoms with Crippen molar-refractivity contribution in [2.75, 3.05) is 0 Å². The smallest absolute Gasteiger partial charge is 0.262 e. The maximum atomic E-state index is 11.1. The zero-order valence-electron chi connectivity index (χ0n) is 7.44. The number of nitrogens with one attached hydrogen (secondary N) is 1. The third-order valence-corrected chi connectivity index (χ3v) is 2.44. The Hall–Kier alpha value is -0.570. The molecule has 0 unspecified atom stereocenters. The molecule has 0 saturated carbocycles. The van der Waals surface area contributed by atoms with E-state index in [1.54, 1.807) is 0 Å². The van der Waals surface area contributed by atoms with Crippen LogP contribution in [0.1, 0.15) is 31.0 Å². The largest absolute Gasteiger partial charge is 0.325 e. The predicted molar refractivity (Wildman–Crippen MR) is 53.6 cm³/mol. The van der Waals surface area contributed by atoms with Gasteiger partial charge in [-0.3, -0.25) is 4.79 Å². The number of hydrogen-bond donors (Lipinski definition) is 1. The summed E-state index contributed by atoms with van der Waals surface area (Å²) in [4.78, 5) is 13.9. The first kappa shape index (κ1) is 9.52. The van der Waals surface area contributed by atoms with Crippen molar-refractivity contribution in [3.8, 4) is 0 Å². The lowest BCUT2D eigenvalue weighted by molar-refractivity contribution is 0.837. The highest BCUT2D eigenvalue weighted by atomic mass is 79.9. The normalized spacial score (nSPS) is 10.8. The molecule has 0 aromatic carbocycles. The van der Waals surface area contributed by atoms with Crippen molar-refractivity contribution < 1.29 is 0 Å². The average Bonchev–Trinajstić information content (AvgIpc) is 1.96. The van der Waals surface area contributed by atoms with Gasteiger partial charge in [0.15, 0.2) is 0 Å². The van der Waals surface area contributed by atoms with Crippen molar-refractivity contribution in [2.24, 2.45) is 0 Å². The summed E-state index contributed by atoms with van der Waals surface area (Å²) < 4.78 is 0.608. The molecular formula is C9H12BrNO. The SMILES string of the molecule is Cc1[nH]c(=O)c(Br)cc1C(C)C. The number of hydrogen-bond acceptors (Lipinski definition) is 1. The Kier molecular flexibility index (Phi) is 2.73. The van der Waals surface area contributed by atoms with E-state index in [0.717, 1.165) is 5.69 Å². The number of aromatic amines is 1. The second-order valence-electron chi connectivity index (χ2n) is 3.18. The van der Waals surface area contributed by atoms with E-state index >= 15 is 0 Å². The Morgan fingerprint density at radius 3 is 2.58 bits per heavy atom. The molecule has 1 aromatic heterocycles. The Morgan fingerprint density at radius 1 is 1.50 bits per heavy atom. The molecule has 0 aliphatic heterocycles. The van der Waals surface area contributed by atoms with Gasteiger partial charge in [-0.25, -0.2) is 0 Å². The molecule has 1 rings (SSSR count). The van der Waals surface area contributed by atoms with Crippen molar-refractivity contribution >= 4 is 15.9 Å². The van der Waals surface area contributed by atoms with Crippen LogP contribution >= 0.6 is 15.9 Å². The Morgan fingerprint density at radius 2 is 2.08 bits per heavy atom. The average molecular weight is 230 g/mol. The lowest BCUT2D eigenvalue weighted by Crippen LogP contribution is -2.10. The van der Waals surface area contributed by atoms with E-state index in [1.165, 1.54) is 5.56 Å². The maximum Gasteiger partial charge on any atom is 0.262 e. The first-order chi connectivity index (χ1) is 5.52. The molecule has 3 heteroatoms.